The van der Waals surface area contributed by atoms with Crippen LogP contribution in [0.3, 0.4) is 0 Å². The monoisotopic (exact) mass is 335 g/mol. The predicted octanol–water partition coefficient (Wildman–Crippen LogP) is 3.06. The number of halogens is 1. The van der Waals surface area contributed by atoms with Crippen LogP contribution in [0.15, 0.2) is 29.1 Å². The van der Waals surface area contributed by atoms with Gasteiger partial charge in [0.15, 0.2) is 0 Å². The number of carbonyl (C=O) groups is 1. The van der Waals surface area contributed by atoms with E-state index >= 15 is 0 Å². The molecule has 2 aromatic rings. The Kier molecular flexibility index (Phi) is 4.30. The molecule has 0 saturated heterocycles. The van der Waals surface area contributed by atoms with Gasteiger partial charge in [0, 0.05) is 6.04 Å². The molecule has 122 valence electrons. The zero-order valence-corrected chi connectivity index (χ0v) is 13.7. The Hall–Kier alpha value is -2.02. The molecule has 1 aromatic heterocycles. The van der Waals surface area contributed by atoms with Crippen molar-refractivity contribution in [2.24, 2.45) is 0 Å². The highest BCUT2D eigenvalue weighted by atomic mass is 32.2. The molecular weight excluding hydrogens is 317 g/mol. The molecule has 0 aliphatic carbocycles. The fraction of sp³-hybridized carbons (Fsp3) is 0.375. The van der Waals surface area contributed by atoms with Crippen molar-refractivity contribution in [3.63, 3.8) is 0 Å². The Labute approximate surface area is 137 Å². The molecule has 0 saturated carbocycles. The van der Waals surface area contributed by atoms with E-state index in [2.05, 4.69) is 10.4 Å². The van der Waals surface area contributed by atoms with Gasteiger partial charge in [-0.1, -0.05) is 19.1 Å². The van der Waals surface area contributed by atoms with Crippen LogP contribution in [0.2, 0.25) is 0 Å². The van der Waals surface area contributed by atoms with Crippen LogP contribution >= 0.6 is 11.8 Å². The Bertz CT molecular complexity index is 782. The Morgan fingerprint density at radius 3 is 2.70 bits per heavy atom. The van der Waals surface area contributed by atoms with Crippen LogP contribution in [0.5, 0.6) is 0 Å². The molecule has 0 radical (unpaired) electrons. The molecule has 5 nitrogen and oxygen atoms in total. The highest BCUT2D eigenvalue weighted by Gasteiger charge is 2.31. The van der Waals surface area contributed by atoms with E-state index in [1.807, 2.05) is 13.8 Å². The third kappa shape index (κ3) is 2.93. The molecule has 1 aliphatic heterocycles. The molecule has 1 aliphatic rings. The number of benzene rings is 1. The van der Waals surface area contributed by atoms with E-state index in [4.69, 9.17) is 0 Å². The largest absolute Gasteiger partial charge is 0.310 e. The minimum atomic E-state index is -0.326. The summed E-state index contributed by atoms with van der Waals surface area (Å²) in [7, 11) is 0. The van der Waals surface area contributed by atoms with Crippen LogP contribution in [0.1, 0.15) is 42.7 Å². The fourth-order valence-electron chi connectivity index (χ4n) is 2.66. The highest BCUT2D eigenvalue weighted by molar-refractivity contribution is 8.00. The Morgan fingerprint density at radius 1 is 1.35 bits per heavy atom. The standard InChI is InChI=1S/C16H18FN3O2S/c1-3-9(2)20-15-13(16(22)19-20)14(23-8-12(21)18-15)10-4-6-11(17)7-5-10/h4-7,9,14H,3,8H2,1-2H3,(H,18,21)(H,19,22)/t9-,14-/m1/s1. The highest BCUT2D eigenvalue weighted by Crippen LogP contribution is 2.40. The van der Waals surface area contributed by atoms with Gasteiger partial charge in [0.25, 0.3) is 5.56 Å². The summed E-state index contributed by atoms with van der Waals surface area (Å²) in [5.41, 5.74) is 1.11. The maximum atomic E-state index is 13.2. The molecule has 0 bridgehead atoms. The number of hydrogen-bond acceptors (Lipinski definition) is 3. The number of fused-ring (bicyclic) bond motifs is 1. The zero-order chi connectivity index (χ0) is 16.6. The lowest BCUT2D eigenvalue weighted by Crippen LogP contribution is -2.18. The van der Waals surface area contributed by atoms with Gasteiger partial charge in [-0.15, -0.1) is 11.8 Å². The van der Waals surface area contributed by atoms with Gasteiger partial charge in [-0.25, -0.2) is 4.39 Å². The number of hydrogen-bond donors (Lipinski definition) is 2. The first-order chi connectivity index (χ1) is 11.0. The molecule has 2 heterocycles. The molecule has 23 heavy (non-hydrogen) atoms. The fourth-order valence-corrected chi connectivity index (χ4v) is 3.78. The van der Waals surface area contributed by atoms with Crippen molar-refractivity contribution in [3.05, 3.63) is 51.6 Å². The van der Waals surface area contributed by atoms with Gasteiger partial charge in [-0.3, -0.25) is 19.4 Å². The minimum Gasteiger partial charge on any atom is -0.310 e. The first-order valence-corrected chi connectivity index (χ1v) is 8.57. The van der Waals surface area contributed by atoms with Crippen molar-refractivity contribution in [3.8, 4) is 0 Å². The van der Waals surface area contributed by atoms with Crippen molar-refractivity contribution in [2.45, 2.75) is 31.6 Å². The lowest BCUT2D eigenvalue weighted by atomic mass is 10.1. The van der Waals surface area contributed by atoms with Crippen molar-refractivity contribution in [2.75, 3.05) is 11.1 Å². The van der Waals surface area contributed by atoms with E-state index in [1.54, 1.807) is 16.8 Å². The molecule has 0 fully saturated rings. The lowest BCUT2D eigenvalue weighted by Gasteiger charge is -2.16. The number of aromatic nitrogens is 2. The van der Waals surface area contributed by atoms with Gasteiger partial charge in [0.2, 0.25) is 5.91 Å². The second-order valence-electron chi connectivity index (χ2n) is 5.62. The summed E-state index contributed by atoms with van der Waals surface area (Å²) in [5, 5.41) is 5.35. The van der Waals surface area contributed by atoms with Crippen LogP contribution < -0.4 is 10.9 Å². The van der Waals surface area contributed by atoms with E-state index in [0.717, 1.165) is 12.0 Å². The summed E-state index contributed by atoms with van der Waals surface area (Å²) >= 11 is 1.37. The number of anilines is 1. The van der Waals surface area contributed by atoms with Crippen molar-refractivity contribution < 1.29 is 9.18 Å². The van der Waals surface area contributed by atoms with Gasteiger partial charge in [-0.05, 0) is 31.0 Å². The molecule has 1 aromatic carbocycles. The van der Waals surface area contributed by atoms with Gasteiger partial charge < -0.3 is 5.32 Å². The molecular formula is C16H18FN3O2S. The lowest BCUT2D eigenvalue weighted by molar-refractivity contribution is -0.113. The van der Waals surface area contributed by atoms with E-state index in [-0.39, 0.29) is 34.3 Å². The summed E-state index contributed by atoms with van der Waals surface area (Å²) in [5.74, 6) is 0.301. The number of aromatic amines is 1. The van der Waals surface area contributed by atoms with E-state index in [1.165, 1.54) is 23.9 Å². The molecule has 0 spiro atoms. The van der Waals surface area contributed by atoms with Crippen LogP contribution in [-0.2, 0) is 4.79 Å². The summed E-state index contributed by atoms with van der Waals surface area (Å²) < 4.78 is 14.9. The smallest absolute Gasteiger partial charge is 0.270 e. The third-order valence-electron chi connectivity index (χ3n) is 4.07. The molecule has 1 amide bonds. The maximum absolute atomic E-state index is 13.2. The molecule has 2 N–H and O–H groups in total. The molecule has 0 unspecified atom stereocenters. The van der Waals surface area contributed by atoms with E-state index in [9.17, 15) is 14.0 Å². The van der Waals surface area contributed by atoms with Crippen LogP contribution in [-0.4, -0.2) is 21.4 Å². The van der Waals surface area contributed by atoms with Crippen molar-refractivity contribution in [1.82, 2.24) is 9.78 Å². The second-order valence-corrected chi connectivity index (χ2v) is 6.71. The minimum absolute atomic E-state index is 0.0590. The van der Waals surface area contributed by atoms with E-state index < -0.39 is 0 Å². The average molecular weight is 335 g/mol. The van der Waals surface area contributed by atoms with Crippen molar-refractivity contribution in [1.29, 1.82) is 0 Å². The normalized spacial score (nSPS) is 18.9. The average Bonchev–Trinajstić information content (AvgIpc) is 2.74. The predicted molar refractivity (Wildman–Crippen MR) is 89.4 cm³/mol. The number of nitrogens with one attached hydrogen (secondary N) is 2. The Morgan fingerprint density at radius 2 is 2.04 bits per heavy atom. The van der Waals surface area contributed by atoms with Crippen LogP contribution in [0.25, 0.3) is 0 Å². The Balaban J connectivity index is 2.15. The number of nitrogens with zero attached hydrogens (tertiary/aromatic N) is 1. The molecule has 3 rings (SSSR count). The van der Waals surface area contributed by atoms with Gasteiger partial charge in [0.05, 0.1) is 16.6 Å². The number of amides is 1. The second kappa shape index (κ2) is 6.23. The summed E-state index contributed by atoms with van der Waals surface area (Å²) in [4.78, 5) is 24.5. The topological polar surface area (TPSA) is 66.9 Å². The van der Waals surface area contributed by atoms with Gasteiger partial charge >= 0.3 is 0 Å². The number of H-pyrrole nitrogens is 1. The molecule has 7 heteroatoms. The zero-order valence-electron chi connectivity index (χ0n) is 12.9. The summed E-state index contributed by atoms with van der Waals surface area (Å²) in [6.07, 6.45) is 0.821. The van der Waals surface area contributed by atoms with Gasteiger partial charge in [0.1, 0.15) is 11.6 Å². The van der Waals surface area contributed by atoms with Crippen LogP contribution in [0, 0.1) is 5.82 Å². The number of rotatable bonds is 3. The maximum Gasteiger partial charge on any atom is 0.270 e. The summed E-state index contributed by atoms with van der Waals surface area (Å²) in [6, 6.07) is 6.12. The van der Waals surface area contributed by atoms with E-state index in [0.29, 0.717) is 11.4 Å². The summed E-state index contributed by atoms with van der Waals surface area (Å²) in [6.45, 7) is 3.99. The number of thioether (sulfide) groups is 1. The van der Waals surface area contributed by atoms with Crippen LogP contribution in [0.4, 0.5) is 10.2 Å². The molecule has 2 atom stereocenters. The SMILES string of the molecule is CC[C@@H](C)n1[nH]c(=O)c2c1NC(=O)CS[C@@H]2c1ccc(F)cc1. The first kappa shape index (κ1) is 15.9. The quantitative estimate of drug-likeness (QED) is 0.906. The number of carbonyl (C=O) groups excluding carboxylic acids is 1. The third-order valence-corrected chi connectivity index (χ3v) is 5.34. The van der Waals surface area contributed by atoms with Crippen molar-refractivity contribution >= 4 is 23.5 Å². The first-order valence-electron chi connectivity index (χ1n) is 7.52. The van der Waals surface area contributed by atoms with Gasteiger partial charge in [-0.2, -0.15) is 0 Å².